The summed E-state index contributed by atoms with van der Waals surface area (Å²) in [6, 6.07) is 0.385. The van der Waals surface area contributed by atoms with Crippen LogP contribution in [0.1, 0.15) is 46.2 Å². The van der Waals surface area contributed by atoms with Gasteiger partial charge in [-0.25, -0.2) is 4.79 Å². The van der Waals surface area contributed by atoms with Gasteiger partial charge in [0, 0.05) is 12.5 Å². The first-order chi connectivity index (χ1) is 8.58. The molecule has 1 aromatic heterocycles. The van der Waals surface area contributed by atoms with Crippen molar-refractivity contribution in [2.75, 3.05) is 18.2 Å². The number of esters is 1. The third-order valence-corrected chi connectivity index (χ3v) is 4.00. The summed E-state index contributed by atoms with van der Waals surface area (Å²) >= 11 is 1.24. The van der Waals surface area contributed by atoms with Gasteiger partial charge in [-0.3, -0.25) is 4.79 Å². The Hall–Kier alpha value is -1.56. The number of hydrogen-bond acceptors (Lipinski definition) is 6. The molecule has 1 heterocycles. The predicted octanol–water partition coefficient (Wildman–Crippen LogP) is 2.28. The highest BCUT2D eigenvalue weighted by atomic mass is 32.1. The second kappa shape index (κ2) is 4.97. The summed E-state index contributed by atoms with van der Waals surface area (Å²) in [4.78, 5) is 23.9. The van der Waals surface area contributed by atoms with Gasteiger partial charge in [-0.2, -0.15) is 0 Å². The Kier molecular flexibility index (Phi) is 3.56. The third kappa shape index (κ3) is 2.33. The second-order valence-electron chi connectivity index (χ2n) is 4.24. The zero-order valence-electron chi connectivity index (χ0n) is 10.4. The van der Waals surface area contributed by atoms with E-state index in [0.717, 1.165) is 12.8 Å². The van der Waals surface area contributed by atoms with Crippen molar-refractivity contribution >= 4 is 33.8 Å². The van der Waals surface area contributed by atoms with Gasteiger partial charge in [0.1, 0.15) is 10.6 Å². The van der Waals surface area contributed by atoms with E-state index in [1.807, 2.05) is 0 Å². The van der Waals surface area contributed by atoms with Crippen LogP contribution >= 0.6 is 11.3 Å². The number of hydrogen-bond donors (Lipinski definition) is 2. The molecule has 1 fully saturated rings. The van der Waals surface area contributed by atoms with E-state index in [4.69, 9.17) is 10.5 Å². The SMILES string of the molecule is CCC(=O)c1sc(NC2CC2)c(C(=O)OC)c1N. The van der Waals surface area contributed by atoms with Crippen LogP contribution < -0.4 is 11.1 Å². The number of nitrogens with two attached hydrogens (primary N) is 1. The van der Waals surface area contributed by atoms with Crippen molar-refractivity contribution in [1.29, 1.82) is 0 Å². The van der Waals surface area contributed by atoms with E-state index in [1.165, 1.54) is 18.4 Å². The fourth-order valence-corrected chi connectivity index (χ4v) is 2.83. The predicted molar refractivity (Wildman–Crippen MR) is 71.3 cm³/mol. The van der Waals surface area contributed by atoms with Crippen LogP contribution in [0.2, 0.25) is 0 Å². The highest BCUT2D eigenvalue weighted by molar-refractivity contribution is 7.19. The molecule has 1 saturated carbocycles. The van der Waals surface area contributed by atoms with E-state index in [9.17, 15) is 9.59 Å². The number of ether oxygens (including phenoxy) is 1. The molecule has 5 nitrogen and oxygen atoms in total. The molecule has 0 saturated heterocycles. The molecular weight excluding hydrogens is 252 g/mol. The van der Waals surface area contributed by atoms with Crippen LogP contribution in [-0.2, 0) is 4.74 Å². The molecule has 6 heteroatoms. The highest BCUT2D eigenvalue weighted by Crippen LogP contribution is 2.39. The molecule has 0 bridgehead atoms. The average molecular weight is 268 g/mol. The maximum absolute atomic E-state index is 11.8. The van der Waals surface area contributed by atoms with E-state index in [-0.39, 0.29) is 11.5 Å². The molecule has 98 valence electrons. The van der Waals surface area contributed by atoms with E-state index in [1.54, 1.807) is 6.92 Å². The zero-order valence-corrected chi connectivity index (χ0v) is 11.2. The molecule has 0 atom stereocenters. The van der Waals surface area contributed by atoms with Crippen molar-refractivity contribution in [2.24, 2.45) is 0 Å². The quantitative estimate of drug-likeness (QED) is 0.632. The first kappa shape index (κ1) is 12.9. The van der Waals surface area contributed by atoms with E-state index >= 15 is 0 Å². The fraction of sp³-hybridized carbons (Fsp3) is 0.500. The normalized spacial score (nSPS) is 14.3. The Morgan fingerprint density at radius 3 is 2.67 bits per heavy atom. The first-order valence-corrected chi connectivity index (χ1v) is 6.70. The number of carbonyl (C=O) groups excluding carboxylic acids is 2. The lowest BCUT2D eigenvalue weighted by Crippen LogP contribution is -2.09. The van der Waals surface area contributed by atoms with Crippen molar-refractivity contribution in [3.05, 3.63) is 10.4 Å². The second-order valence-corrected chi connectivity index (χ2v) is 5.26. The van der Waals surface area contributed by atoms with Gasteiger partial charge < -0.3 is 15.8 Å². The van der Waals surface area contributed by atoms with Gasteiger partial charge in [-0.05, 0) is 12.8 Å². The summed E-state index contributed by atoms with van der Waals surface area (Å²) in [5.74, 6) is -0.548. The minimum absolute atomic E-state index is 0.0495. The van der Waals surface area contributed by atoms with Crippen molar-refractivity contribution in [2.45, 2.75) is 32.2 Å². The topological polar surface area (TPSA) is 81.4 Å². The number of thiophene rings is 1. The molecule has 0 amide bonds. The van der Waals surface area contributed by atoms with Crippen LogP contribution in [0, 0.1) is 0 Å². The van der Waals surface area contributed by atoms with Gasteiger partial charge in [0.2, 0.25) is 0 Å². The van der Waals surface area contributed by atoms with Crippen LogP contribution in [0.3, 0.4) is 0 Å². The van der Waals surface area contributed by atoms with Gasteiger partial charge in [0.25, 0.3) is 0 Å². The van der Waals surface area contributed by atoms with Gasteiger partial charge >= 0.3 is 5.97 Å². The fourth-order valence-electron chi connectivity index (χ4n) is 1.63. The largest absolute Gasteiger partial charge is 0.465 e. The van der Waals surface area contributed by atoms with Crippen molar-refractivity contribution in [3.8, 4) is 0 Å². The molecule has 0 aliphatic heterocycles. The minimum Gasteiger partial charge on any atom is -0.465 e. The van der Waals surface area contributed by atoms with Crippen LogP contribution in [0.5, 0.6) is 0 Å². The van der Waals surface area contributed by atoms with Crippen LogP contribution in [0.4, 0.5) is 10.7 Å². The van der Waals surface area contributed by atoms with E-state index in [0.29, 0.717) is 27.9 Å². The van der Waals surface area contributed by atoms with Gasteiger partial charge in [0.15, 0.2) is 5.78 Å². The standard InChI is InChI=1S/C12H16N2O3S/c1-3-7(15)10-9(13)8(12(16)17-2)11(18-10)14-6-4-5-6/h6,14H,3-5,13H2,1-2H3. The van der Waals surface area contributed by atoms with E-state index in [2.05, 4.69) is 5.32 Å². The molecule has 0 aromatic carbocycles. The number of rotatable bonds is 5. The highest BCUT2D eigenvalue weighted by Gasteiger charge is 2.29. The Morgan fingerprint density at radius 1 is 1.50 bits per heavy atom. The third-order valence-electron chi connectivity index (χ3n) is 2.82. The first-order valence-electron chi connectivity index (χ1n) is 5.88. The summed E-state index contributed by atoms with van der Waals surface area (Å²) < 4.78 is 4.72. The Bertz CT molecular complexity index is 492. The maximum atomic E-state index is 11.8. The molecule has 1 aromatic rings. The van der Waals surface area contributed by atoms with Gasteiger partial charge in [0.05, 0.1) is 17.7 Å². The number of carbonyl (C=O) groups is 2. The Balaban J connectivity index is 2.41. The number of anilines is 2. The molecule has 1 aliphatic rings. The van der Waals surface area contributed by atoms with Crippen molar-refractivity contribution in [1.82, 2.24) is 0 Å². The molecule has 1 aliphatic carbocycles. The summed E-state index contributed by atoms with van der Waals surface area (Å²) in [7, 11) is 1.31. The monoisotopic (exact) mass is 268 g/mol. The number of nitrogens with one attached hydrogen (secondary N) is 1. The summed E-state index contributed by atoms with van der Waals surface area (Å²) in [5.41, 5.74) is 6.44. The van der Waals surface area contributed by atoms with Crippen molar-refractivity contribution < 1.29 is 14.3 Å². The lowest BCUT2D eigenvalue weighted by molar-refractivity contribution is 0.0603. The molecule has 0 unspecified atom stereocenters. The molecular formula is C12H16N2O3S. The molecule has 0 spiro atoms. The Labute approximate surface area is 109 Å². The van der Waals surface area contributed by atoms with Crippen LogP contribution in [0.15, 0.2) is 0 Å². The summed E-state index contributed by atoms with van der Waals surface area (Å²) in [6.45, 7) is 1.77. The maximum Gasteiger partial charge on any atom is 0.343 e. The zero-order chi connectivity index (χ0) is 13.3. The van der Waals surface area contributed by atoms with Gasteiger partial charge in [-0.15, -0.1) is 11.3 Å². The van der Waals surface area contributed by atoms with E-state index < -0.39 is 5.97 Å². The summed E-state index contributed by atoms with van der Waals surface area (Å²) in [5, 5.41) is 3.88. The number of Topliss-reactive ketones (excluding diaryl/α,β-unsaturated/α-hetero) is 1. The molecule has 18 heavy (non-hydrogen) atoms. The molecule has 3 N–H and O–H groups in total. The van der Waals surface area contributed by atoms with Crippen molar-refractivity contribution in [3.63, 3.8) is 0 Å². The molecule has 2 rings (SSSR count). The van der Waals surface area contributed by atoms with Crippen LogP contribution in [-0.4, -0.2) is 24.9 Å². The number of methoxy groups -OCH3 is 1. The average Bonchev–Trinajstić information content (AvgIpc) is 3.12. The summed E-state index contributed by atoms with van der Waals surface area (Å²) in [6.07, 6.45) is 2.53. The lowest BCUT2D eigenvalue weighted by Gasteiger charge is -2.04. The smallest absolute Gasteiger partial charge is 0.343 e. The number of ketones is 1. The lowest BCUT2D eigenvalue weighted by atomic mass is 10.2. The Morgan fingerprint density at radius 2 is 2.17 bits per heavy atom. The van der Waals surface area contributed by atoms with Gasteiger partial charge in [-0.1, -0.05) is 6.92 Å². The number of nitrogen functional groups attached to an aromatic ring is 1. The molecule has 0 radical (unpaired) electrons. The van der Waals surface area contributed by atoms with Crippen LogP contribution in [0.25, 0.3) is 0 Å². The minimum atomic E-state index is -0.498.